The highest BCUT2D eigenvalue weighted by atomic mass is 16.7. The quantitative estimate of drug-likeness (QED) is 0.0261. The number of carbonyl (C=O) groups is 1. The molecule has 9 heteroatoms. The predicted molar refractivity (Wildman–Crippen MR) is 382 cm³/mol. The summed E-state index contributed by atoms with van der Waals surface area (Å²) >= 11 is 0. The monoisotopic (exact) mass is 1240 g/mol. The maximum Gasteiger partial charge on any atom is 0.220 e. The van der Waals surface area contributed by atoms with Gasteiger partial charge in [0.05, 0.1) is 25.4 Å². The molecule has 0 aromatic rings. The summed E-state index contributed by atoms with van der Waals surface area (Å²) in [5.41, 5.74) is 0. The number of hydrogen-bond donors (Lipinski definition) is 6. The molecule has 0 radical (unpaired) electrons. The molecule has 6 N–H and O–H groups in total. The van der Waals surface area contributed by atoms with Crippen LogP contribution < -0.4 is 5.32 Å². The molecule has 1 amide bonds. The maximum atomic E-state index is 13.2. The highest BCUT2D eigenvalue weighted by Gasteiger charge is 2.44. The van der Waals surface area contributed by atoms with Crippen LogP contribution in [0.2, 0.25) is 0 Å². The van der Waals surface area contributed by atoms with Gasteiger partial charge in [-0.05, 0) is 83.5 Å². The smallest absolute Gasteiger partial charge is 0.220 e. The van der Waals surface area contributed by atoms with Gasteiger partial charge in [-0.1, -0.05) is 354 Å². The van der Waals surface area contributed by atoms with Crippen molar-refractivity contribution in [2.45, 2.75) is 378 Å². The van der Waals surface area contributed by atoms with Crippen LogP contribution in [-0.4, -0.2) is 87.5 Å². The summed E-state index contributed by atoms with van der Waals surface area (Å²) < 4.78 is 11.4. The molecule has 0 aliphatic carbocycles. The minimum atomic E-state index is -1.57. The van der Waals surface area contributed by atoms with E-state index in [1.54, 1.807) is 0 Å². The summed E-state index contributed by atoms with van der Waals surface area (Å²) in [7, 11) is 0. The number of aliphatic hydroxyl groups excluding tert-OH is 5. The Morgan fingerprint density at radius 1 is 0.393 bits per heavy atom. The van der Waals surface area contributed by atoms with Crippen molar-refractivity contribution in [2.24, 2.45) is 0 Å². The number of allylic oxidation sites excluding steroid dienone is 18. The third-order valence-corrected chi connectivity index (χ3v) is 17.4. The van der Waals surface area contributed by atoms with E-state index < -0.39 is 49.5 Å². The zero-order valence-electron chi connectivity index (χ0n) is 57.7. The highest BCUT2D eigenvalue weighted by molar-refractivity contribution is 5.76. The Hall–Kier alpha value is -3.15. The minimum Gasteiger partial charge on any atom is -0.394 e. The molecule has 1 saturated heterocycles. The fourth-order valence-electron chi connectivity index (χ4n) is 11.6. The molecule has 9 nitrogen and oxygen atoms in total. The lowest BCUT2D eigenvalue weighted by atomic mass is 9.99. The number of amides is 1. The number of nitrogens with one attached hydrogen (secondary N) is 1. The number of ether oxygens (including phenoxy) is 2. The summed E-state index contributed by atoms with van der Waals surface area (Å²) in [6.07, 6.45) is 93.1. The van der Waals surface area contributed by atoms with E-state index in [1.807, 2.05) is 0 Å². The topological polar surface area (TPSA) is 149 Å². The van der Waals surface area contributed by atoms with Gasteiger partial charge >= 0.3 is 0 Å². The third kappa shape index (κ3) is 56.1. The average Bonchev–Trinajstić information content (AvgIpc) is 2.28. The molecule has 0 aromatic heterocycles. The number of aliphatic hydroxyl groups is 5. The van der Waals surface area contributed by atoms with Crippen molar-refractivity contribution in [3.63, 3.8) is 0 Å². The van der Waals surface area contributed by atoms with E-state index in [0.717, 1.165) is 116 Å². The van der Waals surface area contributed by atoms with Gasteiger partial charge in [0.15, 0.2) is 6.29 Å². The summed E-state index contributed by atoms with van der Waals surface area (Å²) in [5.74, 6) is -0.163. The average molecular weight is 1250 g/mol. The van der Waals surface area contributed by atoms with Crippen molar-refractivity contribution >= 4 is 5.91 Å². The van der Waals surface area contributed by atoms with Crippen LogP contribution in [0.4, 0.5) is 0 Å². The second-order valence-electron chi connectivity index (χ2n) is 25.7. The van der Waals surface area contributed by atoms with E-state index in [0.29, 0.717) is 12.8 Å². The molecule has 0 saturated carbocycles. The van der Waals surface area contributed by atoms with Crippen LogP contribution in [0.15, 0.2) is 109 Å². The fourth-order valence-corrected chi connectivity index (χ4v) is 11.6. The molecule has 7 atom stereocenters. The van der Waals surface area contributed by atoms with Crippen molar-refractivity contribution in [3.05, 3.63) is 109 Å². The summed E-state index contributed by atoms with van der Waals surface area (Å²) in [5, 5.41) is 55.0. The van der Waals surface area contributed by atoms with Crippen LogP contribution in [0.3, 0.4) is 0 Å². The Balaban J connectivity index is 2.13. The Labute approximate surface area is 548 Å². The molecule has 1 aliphatic rings. The second kappa shape index (κ2) is 67.7. The van der Waals surface area contributed by atoms with Crippen LogP contribution >= 0.6 is 0 Å². The first kappa shape index (κ1) is 83.9. The maximum absolute atomic E-state index is 13.2. The molecule has 1 rings (SSSR count). The second-order valence-corrected chi connectivity index (χ2v) is 25.7. The number of rotatable bonds is 65. The number of carbonyl (C=O) groups excluding carboxylic acids is 1. The third-order valence-electron chi connectivity index (χ3n) is 17.4. The lowest BCUT2D eigenvalue weighted by molar-refractivity contribution is -0.302. The van der Waals surface area contributed by atoms with Crippen LogP contribution in [-0.2, 0) is 14.3 Å². The van der Waals surface area contributed by atoms with Gasteiger partial charge < -0.3 is 40.3 Å². The van der Waals surface area contributed by atoms with E-state index in [4.69, 9.17) is 9.47 Å². The summed E-state index contributed by atoms with van der Waals surface area (Å²) in [6, 6.07) is -0.740. The van der Waals surface area contributed by atoms with E-state index >= 15 is 0 Å². The van der Waals surface area contributed by atoms with Gasteiger partial charge in [-0.3, -0.25) is 4.79 Å². The van der Waals surface area contributed by atoms with Gasteiger partial charge in [-0.15, -0.1) is 0 Å². The van der Waals surface area contributed by atoms with Crippen molar-refractivity contribution in [3.8, 4) is 0 Å². The van der Waals surface area contributed by atoms with Crippen molar-refractivity contribution < 1.29 is 39.8 Å². The zero-order chi connectivity index (χ0) is 64.2. The molecule has 0 bridgehead atoms. The van der Waals surface area contributed by atoms with Gasteiger partial charge in [-0.25, -0.2) is 0 Å². The predicted octanol–water partition coefficient (Wildman–Crippen LogP) is 21.2. The van der Waals surface area contributed by atoms with Gasteiger partial charge in [0.2, 0.25) is 5.91 Å². The molecular formula is C80H141NO8. The standard InChI is InChI=1S/C80H141NO8/c1-3-5-7-9-11-13-15-17-19-21-23-25-27-29-31-33-35-37-39-41-43-45-47-49-51-53-55-57-59-61-63-65-67-69-74(83)73(72-88-80-79(87)78(86)77(85)75(71-82)89-80)81-76(84)70-68-66-64-62-60-58-56-54-52-50-48-46-44-42-40-38-36-34-32-30-28-26-24-22-20-18-16-14-12-10-8-6-4-2/h6,8,12,14,18,20,24,26,30,32,36,38,42,44,48,50,54,56,73-75,77-80,82-83,85-87H,3-5,7,9-11,13,15-17,19,21-23,25,27-29,31,33-35,37,39-41,43,45-47,49,51-53,55,57-72H2,1-2H3,(H,81,84)/b8-6-,14-12-,20-18-,26-24-,32-30-,38-36-,44-42-,50-48-,56-54-. The lowest BCUT2D eigenvalue weighted by Crippen LogP contribution is -2.60. The Morgan fingerprint density at radius 2 is 0.697 bits per heavy atom. The molecule has 0 aromatic carbocycles. The van der Waals surface area contributed by atoms with Crippen LogP contribution in [0, 0.1) is 0 Å². The normalized spacial score (nSPS) is 18.5. The number of hydrogen-bond acceptors (Lipinski definition) is 8. The van der Waals surface area contributed by atoms with E-state index in [2.05, 4.69) is 129 Å². The van der Waals surface area contributed by atoms with Crippen LogP contribution in [0.25, 0.3) is 0 Å². The Morgan fingerprint density at radius 3 is 1.03 bits per heavy atom. The first-order chi connectivity index (χ1) is 43.8. The van der Waals surface area contributed by atoms with E-state index in [9.17, 15) is 30.3 Å². The van der Waals surface area contributed by atoms with Gasteiger partial charge in [0.1, 0.15) is 24.4 Å². The van der Waals surface area contributed by atoms with Crippen molar-refractivity contribution in [1.29, 1.82) is 0 Å². The molecule has 1 aliphatic heterocycles. The van der Waals surface area contributed by atoms with Gasteiger partial charge in [0, 0.05) is 6.42 Å². The first-order valence-corrected chi connectivity index (χ1v) is 37.6. The SMILES string of the molecule is CC/C=C\C/C=C\C/C=C\C/C=C\C/C=C\C/C=C\C/C=C\C/C=C\C/C=C\CCCCCCCC(=O)NC(COC1OC(CO)C(O)C(O)C1O)C(O)CCCCCCCCCCCCCCCCCCCCCCCCCCCCCCCCCCC. The van der Waals surface area contributed by atoms with Crippen LogP contribution in [0.5, 0.6) is 0 Å². The summed E-state index contributed by atoms with van der Waals surface area (Å²) in [6.45, 7) is 3.75. The van der Waals surface area contributed by atoms with Crippen LogP contribution in [0.1, 0.15) is 335 Å². The fraction of sp³-hybridized carbons (Fsp3) is 0.762. The van der Waals surface area contributed by atoms with Crippen molar-refractivity contribution in [1.82, 2.24) is 5.32 Å². The lowest BCUT2D eigenvalue weighted by Gasteiger charge is -2.40. The molecule has 514 valence electrons. The van der Waals surface area contributed by atoms with Gasteiger partial charge in [-0.2, -0.15) is 0 Å². The Kier molecular flexibility index (Phi) is 63.8. The van der Waals surface area contributed by atoms with Crippen molar-refractivity contribution in [2.75, 3.05) is 13.2 Å². The number of unbranched alkanes of at least 4 members (excludes halogenated alkanes) is 37. The molecule has 1 fully saturated rings. The highest BCUT2D eigenvalue weighted by Crippen LogP contribution is 2.24. The van der Waals surface area contributed by atoms with E-state index in [1.165, 1.54) is 193 Å². The zero-order valence-corrected chi connectivity index (χ0v) is 57.7. The molecule has 0 spiro atoms. The molecular weight excluding hydrogens is 1100 g/mol. The molecule has 7 unspecified atom stereocenters. The summed E-state index contributed by atoms with van der Waals surface area (Å²) in [4.78, 5) is 13.2. The molecule has 1 heterocycles. The largest absolute Gasteiger partial charge is 0.394 e. The Bertz CT molecular complexity index is 1780. The first-order valence-electron chi connectivity index (χ1n) is 37.6. The minimum absolute atomic E-state index is 0.151. The van der Waals surface area contributed by atoms with E-state index in [-0.39, 0.29) is 12.5 Å². The van der Waals surface area contributed by atoms with Gasteiger partial charge in [0.25, 0.3) is 0 Å². The molecule has 89 heavy (non-hydrogen) atoms.